The van der Waals surface area contributed by atoms with Crippen LogP contribution in [-0.2, 0) is 0 Å². The maximum Gasteiger partial charge on any atom is 0.260 e. The molecule has 4 heteroatoms. The van der Waals surface area contributed by atoms with Gasteiger partial charge in [0.05, 0.1) is 11.3 Å². The zero-order valence-corrected chi connectivity index (χ0v) is 11.9. The van der Waals surface area contributed by atoms with Crippen LogP contribution in [0, 0.1) is 0 Å². The van der Waals surface area contributed by atoms with Gasteiger partial charge >= 0.3 is 0 Å². The molecule has 0 radical (unpaired) electrons. The summed E-state index contributed by atoms with van der Waals surface area (Å²) in [6.07, 6.45) is 1.77. The van der Waals surface area contributed by atoms with E-state index < -0.39 is 0 Å². The second kappa shape index (κ2) is 3.97. The first-order valence-electron chi connectivity index (χ1n) is 7.61. The van der Waals surface area contributed by atoms with Crippen LogP contribution < -0.4 is 4.90 Å². The second-order valence-electron chi connectivity index (χ2n) is 6.10. The molecule has 2 amide bonds. The van der Waals surface area contributed by atoms with Crippen LogP contribution in [0.2, 0.25) is 0 Å². The fourth-order valence-electron chi connectivity index (χ4n) is 3.65. The maximum absolute atomic E-state index is 12.9. The van der Waals surface area contributed by atoms with Crippen LogP contribution in [0.15, 0.2) is 48.5 Å². The Labute approximate surface area is 128 Å². The Bertz CT molecular complexity index is 825. The van der Waals surface area contributed by atoms with E-state index in [4.69, 9.17) is 0 Å². The number of hydrogen-bond donors (Lipinski definition) is 0. The third-order valence-electron chi connectivity index (χ3n) is 4.76. The zero-order chi connectivity index (χ0) is 14.8. The van der Waals surface area contributed by atoms with E-state index in [1.54, 1.807) is 4.90 Å². The lowest BCUT2D eigenvalue weighted by atomic mass is 10.0. The molecule has 1 aliphatic carbocycles. The number of rotatable bonds is 1. The number of benzene rings is 2. The van der Waals surface area contributed by atoms with Gasteiger partial charge in [-0.3, -0.25) is 14.5 Å². The van der Waals surface area contributed by atoms with Crippen molar-refractivity contribution in [3.63, 3.8) is 0 Å². The van der Waals surface area contributed by atoms with Crippen molar-refractivity contribution in [2.75, 3.05) is 4.90 Å². The van der Waals surface area contributed by atoms with E-state index in [-0.39, 0.29) is 24.0 Å². The van der Waals surface area contributed by atoms with Crippen LogP contribution >= 0.6 is 0 Å². The molecule has 2 aromatic carbocycles. The van der Waals surface area contributed by atoms with Gasteiger partial charge in [0.25, 0.3) is 11.8 Å². The fraction of sp³-hybridized carbons (Fsp3) is 0.222. The second-order valence-corrected chi connectivity index (χ2v) is 6.10. The predicted molar refractivity (Wildman–Crippen MR) is 81.6 cm³/mol. The van der Waals surface area contributed by atoms with Crippen molar-refractivity contribution in [1.82, 2.24) is 4.90 Å². The van der Waals surface area contributed by atoms with E-state index in [0.717, 1.165) is 24.1 Å². The van der Waals surface area contributed by atoms with Gasteiger partial charge in [-0.25, -0.2) is 0 Å². The van der Waals surface area contributed by atoms with Gasteiger partial charge in [0.15, 0.2) is 0 Å². The number of nitrogens with zero attached hydrogens (tertiary/aromatic N) is 2. The molecule has 1 fully saturated rings. The summed E-state index contributed by atoms with van der Waals surface area (Å²) < 4.78 is 0. The number of carbonyl (C=O) groups excluding carboxylic acids is 2. The van der Waals surface area contributed by atoms with Crippen molar-refractivity contribution in [3.05, 3.63) is 65.2 Å². The molecule has 2 heterocycles. The Kier molecular flexibility index (Phi) is 2.16. The maximum atomic E-state index is 12.9. The minimum absolute atomic E-state index is 0.00815. The normalized spacial score (nSPS) is 22.5. The highest BCUT2D eigenvalue weighted by Crippen LogP contribution is 2.48. The van der Waals surface area contributed by atoms with E-state index >= 15 is 0 Å². The smallest absolute Gasteiger partial charge is 0.260 e. The molecule has 4 nitrogen and oxygen atoms in total. The first-order valence-corrected chi connectivity index (χ1v) is 7.61. The number of para-hydroxylation sites is 1. The summed E-state index contributed by atoms with van der Waals surface area (Å²) >= 11 is 0. The summed E-state index contributed by atoms with van der Waals surface area (Å²) in [5, 5.41) is 0. The van der Waals surface area contributed by atoms with Gasteiger partial charge in [-0.15, -0.1) is 0 Å². The molecule has 2 aliphatic heterocycles. The van der Waals surface area contributed by atoms with Crippen molar-refractivity contribution in [2.45, 2.75) is 25.0 Å². The van der Waals surface area contributed by atoms with Crippen LogP contribution in [-0.4, -0.2) is 22.8 Å². The number of fused-ring (bicyclic) bond motifs is 5. The van der Waals surface area contributed by atoms with Gasteiger partial charge in [0.2, 0.25) is 0 Å². The topological polar surface area (TPSA) is 40.6 Å². The molecule has 5 rings (SSSR count). The third-order valence-corrected chi connectivity index (χ3v) is 4.76. The van der Waals surface area contributed by atoms with Gasteiger partial charge in [-0.1, -0.05) is 30.3 Å². The predicted octanol–water partition coefficient (Wildman–Crippen LogP) is 2.96. The molecule has 0 spiro atoms. The lowest BCUT2D eigenvalue weighted by molar-refractivity contribution is 0.0630. The Morgan fingerprint density at radius 3 is 2.27 bits per heavy atom. The molecule has 0 unspecified atom stereocenters. The molecule has 22 heavy (non-hydrogen) atoms. The average molecular weight is 290 g/mol. The molecule has 0 aromatic heterocycles. The molecule has 1 saturated carbocycles. The van der Waals surface area contributed by atoms with Crippen LogP contribution in [0.1, 0.15) is 45.3 Å². The van der Waals surface area contributed by atoms with Gasteiger partial charge in [-0.2, -0.15) is 0 Å². The first-order chi connectivity index (χ1) is 10.8. The van der Waals surface area contributed by atoms with Crippen molar-refractivity contribution < 1.29 is 9.59 Å². The summed E-state index contributed by atoms with van der Waals surface area (Å²) in [6.45, 7) is 0. The number of carbonyl (C=O) groups is 2. The molecule has 0 N–H and O–H groups in total. The van der Waals surface area contributed by atoms with Crippen LogP contribution in [0.25, 0.3) is 0 Å². The number of anilines is 1. The first kappa shape index (κ1) is 12.0. The van der Waals surface area contributed by atoms with E-state index in [1.807, 2.05) is 53.4 Å². The van der Waals surface area contributed by atoms with Crippen molar-refractivity contribution in [3.8, 4) is 0 Å². The highest BCUT2D eigenvalue weighted by molar-refractivity contribution is 6.16. The summed E-state index contributed by atoms with van der Waals surface area (Å²) in [4.78, 5) is 29.5. The van der Waals surface area contributed by atoms with Crippen LogP contribution in [0.5, 0.6) is 0 Å². The molecule has 108 valence electrons. The Morgan fingerprint density at radius 1 is 0.818 bits per heavy atom. The zero-order valence-electron chi connectivity index (χ0n) is 11.9. The highest BCUT2D eigenvalue weighted by Gasteiger charge is 2.51. The molecule has 1 atom stereocenters. The fourth-order valence-corrected chi connectivity index (χ4v) is 3.65. The Hall–Kier alpha value is -2.62. The van der Waals surface area contributed by atoms with Crippen molar-refractivity contribution in [2.24, 2.45) is 0 Å². The molecular weight excluding hydrogens is 276 g/mol. The summed E-state index contributed by atoms with van der Waals surface area (Å²) in [6, 6.07) is 15.3. The van der Waals surface area contributed by atoms with E-state index in [9.17, 15) is 9.59 Å². The van der Waals surface area contributed by atoms with Gasteiger partial charge in [0, 0.05) is 17.2 Å². The van der Waals surface area contributed by atoms with Crippen molar-refractivity contribution >= 4 is 17.5 Å². The number of amides is 2. The lowest BCUT2D eigenvalue weighted by Crippen LogP contribution is -2.49. The van der Waals surface area contributed by atoms with E-state index in [2.05, 4.69) is 0 Å². The molecule has 0 saturated heterocycles. The van der Waals surface area contributed by atoms with E-state index in [0.29, 0.717) is 11.1 Å². The largest absolute Gasteiger partial charge is 0.310 e. The van der Waals surface area contributed by atoms with Gasteiger partial charge in [-0.05, 0) is 31.0 Å². The SMILES string of the molecule is O=C1c2ccccc2[C@H]2N1c1ccccc1C(=O)N2C1CC1. The lowest BCUT2D eigenvalue weighted by Gasteiger charge is -2.41. The van der Waals surface area contributed by atoms with E-state index in [1.165, 1.54) is 0 Å². The van der Waals surface area contributed by atoms with Crippen LogP contribution in [0.3, 0.4) is 0 Å². The summed E-state index contributed by atoms with van der Waals surface area (Å²) in [5.74, 6) is 0.0371. The molecular formula is C18H14N2O2. The van der Waals surface area contributed by atoms with Crippen molar-refractivity contribution in [1.29, 1.82) is 0 Å². The minimum Gasteiger partial charge on any atom is -0.310 e. The summed E-state index contributed by atoms with van der Waals surface area (Å²) in [7, 11) is 0. The Balaban J connectivity index is 1.79. The average Bonchev–Trinajstić information content (AvgIpc) is 3.34. The van der Waals surface area contributed by atoms with Gasteiger partial charge in [0.1, 0.15) is 6.17 Å². The van der Waals surface area contributed by atoms with Crippen LogP contribution in [0.4, 0.5) is 5.69 Å². The highest BCUT2D eigenvalue weighted by atomic mass is 16.2. The molecule has 2 aromatic rings. The summed E-state index contributed by atoms with van der Waals surface area (Å²) in [5.41, 5.74) is 3.02. The quantitative estimate of drug-likeness (QED) is 0.810. The number of hydrogen-bond acceptors (Lipinski definition) is 2. The van der Waals surface area contributed by atoms with Gasteiger partial charge < -0.3 is 4.90 Å². The Morgan fingerprint density at radius 2 is 1.50 bits per heavy atom. The third kappa shape index (κ3) is 1.37. The standard InChI is InChI=1S/C18H14N2O2/c21-17-13-6-2-1-5-12(13)16-19(11-9-10-11)18(22)14-7-3-4-8-15(14)20(16)17/h1-8,11,16H,9-10H2/t16-/m1/s1. The minimum atomic E-state index is -0.279. The monoisotopic (exact) mass is 290 g/mol. The molecule has 0 bridgehead atoms. The molecule has 3 aliphatic rings.